The number of para-hydroxylation sites is 1. The van der Waals surface area contributed by atoms with Gasteiger partial charge >= 0.3 is 6.09 Å². The second-order valence-corrected chi connectivity index (χ2v) is 6.55. The molecule has 1 heterocycles. The maximum absolute atomic E-state index is 12.3. The number of halogens is 3. The molecule has 1 aromatic heterocycles. The summed E-state index contributed by atoms with van der Waals surface area (Å²) in [6.45, 7) is 1.78. The van der Waals surface area contributed by atoms with Crippen LogP contribution >= 0.6 is 34.8 Å². The molecule has 0 bridgehead atoms. The first-order valence-electron chi connectivity index (χ1n) is 7.40. The van der Waals surface area contributed by atoms with E-state index in [4.69, 9.17) is 39.5 Å². The number of rotatable bonds is 2. The first-order valence-corrected chi connectivity index (χ1v) is 8.53. The van der Waals surface area contributed by atoms with Gasteiger partial charge < -0.3 is 4.74 Å². The highest BCUT2D eigenvalue weighted by atomic mass is 35.5. The Kier molecular flexibility index (Phi) is 5.32. The lowest BCUT2D eigenvalue weighted by Crippen LogP contribution is -2.31. The fraction of sp³-hybridized carbons (Fsp3) is 0.0556. The zero-order valence-corrected chi connectivity index (χ0v) is 15.6. The van der Waals surface area contributed by atoms with Gasteiger partial charge in [0.25, 0.3) is 5.56 Å². The summed E-state index contributed by atoms with van der Waals surface area (Å²) < 4.78 is 5.76. The van der Waals surface area contributed by atoms with E-state index in [0.717, 1.165) is 5.56 Å². The Morgan fingerprint density at radius 2 is 1.65 bits per heavy atom. The molecule has 0 aliphatic heterocycles. The van der Waals surface area contributed by atoms with Crippen molar-refractivity contribution in [3.8, 4) is 17.0 Å². The molecule has 0 N–H and O–H groups in total. The van der Waals surface area contributed by atoms with Crippen LogP contribution in [0.2, 0.25) is 15.1 Å². The average Bonchev–Trinajstić information content (AvgIpc) is 2.61. The molecule has 0 saturated heterocycles. The van der Waals surface area contributed by atoms with E-state index in [-0.39, 0.29) is 10.8 Å². The number of hydrogen-bond acceptors (Lipinski definition) is 4. The largest absolute Gasteiger partial charge is 0.443 e. The molecule has 0 saturated carbocycles. The molecule has 5 nitrogen and oxygen atoms in total. The number of ether oxygens (including phenoxy) is 1. The standard InChI is InChI=1S/C18H11Cl3N2O3/c1-10-13(20)8-11(9-14(10)21)15-6-7-17(24)23(22-15)18(25)26-16-5-3-2-4-12(16)19/h2-9H,1H3. The molecule has 3 aromatic rings. The fourth-order valence-corrected chi connectivity index (χ4v) is 2.82. The summed E-state index contributed by atoms with van der Waals surface area (Å²) in [6.07, 6.45) is -0.978. The van der Waals surface area contributed by atoms with Crippen LogP contribution in [0.25, 0.3) is 11.3 Å². The highest BCUT2D eigenvalue weighted by molar-refractivity contribution is 6.36. The van der Waals surface area contributed by atoms with Gasteiger partial charge in [0.15, 0.2) is 5.75 Å². The molecule has 0 spiro atoms. The minimum atomic E-state index is -0.978. The molecule has 0 amide bonds. The van der Waals surface area contributed by atoms with Gasteiger partial charge in [0.05, 0.1) is 10.7 Å². The molecular formula is C18H11Cl3N2O3. The molecular weight excluding hydrogens is 399 g/mol. The highest BCUT2D eigenvalue weighted by Gasteiger charge is 2.15. The summed E-state index contributed by atoms with van der Waals surface area (Å²) in [5.74, 6) is 0.125. The van der Waals surface area contributed by atoms with Crippen molar-refractivity contribution in [1.82, 2.24) is 9.78 Å². The van der Waals surface area contributed by atoms with Crippen molar-refractivity contribution in [2.24, 2.45) is 0 Å². The first kappa shape index (κ1) is 18.5. The number of aromatic nitrogens is 2. The van der Waals surface area contributed by atoms with Crippen LogP contribution in [0.1, 0.15) is 5.56 Å². The Balaban J connectivity index is 1.99. The lowest BCUT2D eigenvalue weighted by Gasteiger charge is -2.09. The Bertz CT molecular complexity index is 1040. The first-order chi connectivity index (χ1) is 12.4. The third-order valence-corrected chi connectivity index (χ3v) is 4.68. The third-order valence-electron chi connectivity index (χ3n) is 3.58. The molecule has 0 fully saturated rings. The molecule has 3 rings (SSSR count). The van der Waals surface area contributed by atoms with Gasteiger partial charge in [-0.15, -0.1) is 4.68 Å². The Morgan fingerprint density at radius 1 is 1.00 bits per heavy atom. The molecule has 26 heavy (non-hydrogen) atoms. The lowest BCUT2D eigenvalue weighted by atomic mass is 10.1. The van der Waals surface area contributed by atoms with Gasteiger partial charge in [0, 0.05) is 21.7 Å². The van der Waals surface area contributed by atoms with Gasteiger partial charge in [-0.2, -0.15) is 5.10 Å². The highest BCUT2D eigenvalue weighted by Crippen LogP contribution is 2.30. The van der Waals surface area contributed by atoms with Gasteiger partial charge in [-0.25, -0.2) is 4.79 Å². The molecule has 0 radical (unpaired) electrons. The zero-order chi connectivity index (χ0) is 18.8. The van der Waals surface area contributed by atoms with Crippen LogP contribution in [0, 0.1) is 6.92 Å². The quantitative estimate of drug-likeness (QED) is 0.582. The second kappa shape index (κ2) is 7.50. The van der Waals surface area contributed by atoms with Gasteiger partial charge in [-0.3, -0.25) is 4.79 Å². The third kappa shape index (κ3) is 3.75. The Morgan fingerprint density at radius 3 is 2.31 bits per heavy atom. The van der Waals surface area contributed by atoms with Crippen LogP contribution < -0.4 is 10.3 Å². The zero-order valence-electron chi connectivity index (χ0n) is 13.4. The number of nitrogens with zero attached hydrogens (tertiary/aromatic N) is 2. The SMILES string of the molecule is Cc1c(Cl)cc(-c2ccc(=O)n(C(=O)Oc3ccccc3Cl)n2)cc1Cl. The summed E-state index contributed by atoms with van der Waals surface area (Å²) in [5, 5.41) is 5.19. The van der Waals surface area contributed by atoms with Crippen molar-refractivity contribution in [1.29, 1.82) is 0 Å². The average molecular weight is 410 g/mol. The summed E-state index contributed by atoms with van der Waals surface area (Å²) >= 11 is 18.2. The Labute approximate surface area is 163 Å². The topological polar surface area (TPSA) is 61.2 Å². The van der Waals surface area contributed by atoms with E-state index in [1.165, 1.54) is 18.2 Å². The normalized spacial score (nSPS) is 10.6. The predicted molar refractivity (Wildman–Crippen MR) is 102 cm³/mol. The van der Waals surface area contributed by atoms with E-state index < -0.39 is 11.7 Å². The fourth-order valence-electron chi connectivity index (χ4n) is 2.15. The Hall–Kier alpha value is -2.34. The van der Waals surface area contributed by atoms with Gasteiger partial charge in [-0.1, -0.05) is 46.9 Å². The number of carbonyl (C=O) groups excluding carboxylic acids is 1. The molecule has 8 heteroatoms. The minimum absolute atomic E-state index is 0.125. The van der Waals surface area contributed by atoms with Crippen LogP contribution in [0.5, 0.6) is 5.75 Å². The smallest absolute Gasteiger partial charge is 0.407 e. The van der Waals surface area contributed by atoms with Crippen molar-refractivity contribution in [3.05, 3.63) is 79.5 Å². The number of hydrogen-bond donors (Lipinski definition) is 0. The van der Waals surface area contributed by atoms with Crippen LogP contribution in [-0.2, 0) is 0 Å². The molecule has 0 aliphatic rings. The maximum atomic E-state index is 12.3. The summed E-state index contributed by atoms with van der Waals surface area (Å²) in [7, 11) is 0. The molecule has 0 aliphatic carbocycles. The predicted octanol–water partition coefficient (Wildman–Crippen LogP) is 5.23. The van der Waals surface area contributed by atoms with Gasteiger partial charge in [-0.05, 0) is 42.8 Å². The lowest BCUT2D eigenvalue weighted by molar-refractivity contribution is 0.197. The summed E-state index contributed by atoms with van der Waals surface area (Å²) in [5.41, 5.74) is 0.980. The van der Waals surface area contributed by atoms with Gasteiger partial charge in [0.1, 0.15) is 0 Å². The van der Waals surface area contributed by atoms with Crippen LogP contribution in [0.4, 0.5) is 4.79 Å². The van der Waals surface area contributed by atoms with E-state index >= 15 is 0 Å². The van der Waals surface area contributed by atoms with E-state index in [9.17, 15) is 9.59 Å². The van der Waals surface area contributed by atoms with Crippen LogP contribution in [0.15, 0.2) is 53.3 Å². The van der Waals surface area contributed by atoms with E-state index in [2.05, 4.69) is 5.10 Å². The van der Waals surface area contributed by atoms with Gasteiger partial charge in [0.2, 0.25) is 0 Å². The molecule has 132 valence electrons. The molecule has 0 unspecified atom stereocenters. The van der Waals surface area contributed by atoms with Crippen LogP contribution in [0.3, 0.4) is 0 Å². The van der Waals surface area contributed by atoms with E-state index in [1.54, 1.807) is 37.3 Å². The van der Waals surface area contributed by atoms with Crippen molar-refractivity contribution >= 4 is 40.9 Å². The maximum Gasteiger partial charge on any atom is 0.443 e. The van der Waals surface area contributed by atoms with E-state index in [1.807, 2.05) is 0 Å². The van der Waals surface area contributed by atoms with Crippen LogP contribution in [-0.4, -0.2) is 15.9 Å². The summed E-state index contributed by atoms with van der Waals surface area (Å²) in [6, 6.07) is 12.4. The molecule has 0 atom stereocenters. The van der Waals surface area contributed by atoms with Crippen molar-refractivity contribution in [3.63, 3.8) is 0 Å². The summed E-state index contributed by atoms with van der Waals surface area (Å²) in [4.78, 5) is 24.3. The molecule has 2 aromatic carbocycles. The minimum Gasteiger partial charge on any atom is -0.407 e. The second-order valence-electron chi connectivity index (χ2n) is 5.33. The monoisotopic (exact) mass is 408 g/mol. The van der Waals surface area contributed by atoms with E-state index in [0.29, 0.717) is 26.0 Å². The van der Waals surface area contributed by atoms with Crippen molar-refractivity contribution in [2.75, 3.05) is 0 Å². The van der Waals surface area contributed by atoms with Crippen molar-refractivity contribution < 1.29 is 9.53 Å². The van der Waals surface area contributed by atoms with Crippen molar-refractivity contribution in [2.45, 2.75) is 6.92 Å². The number of carbonyl (C=O) groups is 1. The number of benzene rings is 2.